The first-order valence-corrected chi connectivity index (χ1v) is 10.3. The van der Waals surface area contributed by atoms with E-state index in [0.29, 0.717) is 24.2 Å². The molecule has 1 aliphatic rings. The quantitative estimate of drug-likeness (QED) is 0.816. The van der Waals surface area contributed by atoms with Crippen molar-refractivity contribution in [1.29, 1.82) is 0 Å². The molecule has 0 aliphatic carbocycles. The third kappa shape index (κ3) is 4.57. The first-order valence-electron chi connectivity index (χ1n) is 8.19. The van der Waals surface area contributed by atoms with Crippen molar-refractivity contribution in [2.75, 3.05) is 37.3 Å². The Morgan fingerprint density at radius 3 is 2.16 bits per heavy atom. The molecule has 2 heterocycles. The number of nitrogens with one attached hydrogen (secondary N) is 1. The molecule has 0 bridgehead atoms. The normalized spacial score (nSPS) is 15.2. The summed E-state index contributed by atoms with van der Waals surface area (Å²) in [7, 11) is -3.07. The SMILES string of the molecule is CS(=O)(=O)Cc1ccc(C(=O)N2CCN(c3cc[nH+]cc3)CC2)cc1. The summed E-state index contributed by atoms with van der Waals surface area (Å²) < 4.78 is 22.7. The van der Waals surface area contributed by atoms with Crippen LogP contribution in [0.25, 0.3) is 0 Å². The summed E-state index contributed by atoms with van der Waals surface area (Å²) >= 11 is 0. The fourth-order valence-electron chi connectivity index (χ4n) is 2.99. The Balaban J connectivity index is 1.61. The molecular formula is C18H22N3O3S+. The molecule has 1 fully saturated rings. The van der Waals surface area contributed by atoms with E-state index < -0.39 is 9.84 Å². The maximum Gasteiger partial charge on any atom is 0.253 e. The van der Waals surface area contributed by atoms with Crippen LogP contribution in [0.1, 0.15) is 15.9 Å². The van der Waals surface area contributed by atoms with Crippen molar-refractivity contribution in [2.24, 2.45) is 0 Å². The van der Waals surface area contributed by atoms with Gasteiger partial charge in [-0.1, -0.05) is 12.1 Å². The van der Waals surface area contributed by atoms with Crippen LogP contribution in [0.15, 0.2) is 48.8 Å². The molecular weight excluding hydrogens is 338 g/mol. The predicted octanol–water partition coefficient (Wildman–Crippen LogP) is 1.01. The number of sulfone groups is 1. The van der Waals surface area contributed by atoms with Gasteiger partial charge in [0, 0.05) is 55.8 Å². The topological polar surface area (TPSA) is 71.8 Å². The Bertz CT molecular complexity index is 828. The van der Waals surface area contributed by atoms with Gasteiger partial charge in [-0.25, -0.2) is 13.4 Å². The minimum Gasteiger partial charge on any atom is -0.368 e. The van der Waals surface area contributed by atoms with Crippen LogP contribution in [0.3, 0.4) is 0 Å². The van der Waals surface area contributed by atoms with E-state index in [4.69, 9.17) is 0 Å². The zero-order chi connectivity index (χ0) is 17.9. The van der Waals surface area contributed by atoms with Gasteiger partial charge < -0.3 is 9.80 Å². The molecule has 1 amide bonds. The highest BCUT2D eigenvalue weighted by Gasteiger charge is 2.22. The van der Waals surface area contributed by atoms with Crippen molar-refractivity contribution in [3.05, 3.63) is 59.9 Å². The van der Waals surface area contributed by atoms with Crippen LogP contribution >= 0.6 is 0 Å². The minimum absolute atomic E-state index is 0.00531. The van der Waals surface area contributed by atoms with Crippen LogP contribution in [0.5, 0.6) is 0 Å². The van der Waals surface area contributed by atoms with Gasteiger partial charge in [0.2, 0.25) is 0 Å². The van der Waals surface area contributed by atoms with Gasteiger partial charge >= 0.3 is 0 Å². The van der Waals surface area contributed by atoms with E-state index in [-0.39, 0.29) is 11.7 Å². The zero-order valence-electron chi connectivity index (χ0n) is 14.2. The lowest BCUT2D eigenvalue weighted by atomic mass is 10.1. The van der Waals surface area contributed by atoms with Crippen molar-refractivity contribution >= 4 is 21.4 Å². The van der Waals surface area contributed by atoms with E-state index in [1.807, 2.05) is 29.4 Å². The molecule has 0 spiro atoms. The van der Waals surface area contributed by atoms with Crippen LogP contribution < -0.4 is 9.88 Å². The number of aromatic amines is 1. The number of H-pyrrole nitrogens is 1. The smallest absolute Gasteiger partial charge is 0.253 e. The van der Waals surface area contributed by atoms with Crippen LogP contribution in [-0.2, 0) is 15.6 Å². The fourth-order valence-corrected chi connectivity index (χ4v) is 3.78. The molecule has 0 unspecified atom stereocenters. The number of carbonyl (C=O) groups excluding carboxylic acids is 1. The Kier molecular flexibility index (Phi) is 5.03. The Hall–Kier alpha value is -2.41. The summed E-state index contributed by atoms with van der Waals surface area (Å²) in [5.41, 5.74) is 2.45. The van der Waals surface area contributed by atoms with E-state index in [1.165, 1.54) is 6.26 Å². The number of amides is 1. The molecule has 1 aromatic carbocycles. The Labute approximate surface area is 148 Å². The highest BCUT2D eigenvalue weighted by atomic mass is 32.2. The van der Waals surface area contributed by atoms with E-state index >= 15 is 0 Å². The number of benzene rings is 1. The lowest BCUT2D eigenvalue weighted by molar-refractivity contribution is -0.377. The molecule has 0 radical (unpaired) electrons. The number of anilines is 1. The second kappa shape index (κ2) is 7.23. The minimum atomic E-state index is -3.07. The van der Waals surface area contributed by atoms with Gasteiger partial charge in [0.25, 0.3) is 5.91 Å². The fraction of sp³-hybridized carbons (Fsp3) is 0.333. The molecule has 1 saturated heterocycles. The van der Waals surface area contributed by atoms with Gasteiger partial charge in [-0.05, 0) is 17.7 Å². The lowest BCUT2D eigenvalue weighted by Gasteiger charge is -2.35. The van der Waals surface area contributed by atoms with Crippen LogP contribution in [0.2, 0.25) is 0 Å². The van der Waals surface area contributed by atoms with Gasteiger partial charge in [-0.3, -0.25) is 4.79 Å². The van der Waals surface area contributed by atoms with Crippen LogP contribution in [-0.4, -0.2) is 51.7 Å². The molecule has 1 aliphatic heterocycles. The van der Waals surface area contributed by atoms with Gasteiger partial charge in [0.15, 0.2) is 22.2 Å². The van der Waals surface area contributed by atoms with Gasteiger partial charge in [-0.15, -0.1) is 0 Å². The molecule has 6 nitrogen and oxygen atoms in total. The summed E-state index contributed by atoms with van der Waals surface area (Å²) in [5.74, 6) is -0.0128. The van der Waals surface area contributed by atoms with Crippen LogP contribution in [0.4, 0.5) is 5.69 Å². The maximum atomic E-state index is 12.6. The Morgan fingerprint density at radius 1 is 1.00 bits per heavy atom. The maximum absolute atomic E-state index is 12.6. The highest BCUT2D eigenvalue weighted by molar-refractivity contribution is 7.89. The molecule has 7 heteroatoms. The van der Waals surface area contributed by atoms with Crippen molar-refractivity contribution in [3.63, 3.8) is 0 Å². The van der Waals surface area contributed by atoms with Gasteiger partial charge in [0.1, 0.15) is 0 Å². The Morgan fingerprint density at radius 2 is 1.60 bits per heavy atom. The van der Waals surface area contributed by atoms with Crippen molar-refractivity contribution in [2.45, 2.75) is 5.75 Å². The van der Waals surface area contributed by atoms with E-state index in [2.05, 4.69) is 9.88 Å². The van der Waals surface area contributed by atoms with Crippen molar-refractivity contribution in [3.8, 4) is 0 Å². The number of rotatable bonds is 4. The first-order chi connectivity index (χ1) is 11.9. The number of piperazine rings is 1. The van der Waals surface area contributed by atoms with E-state index in [0.717, 1.165) is 18.8 Å². The third-order valence-corrected chi connectivity index (χ3v) is 5.12. The number of hydrogen-bond donors (Lipinski definition) is 0. The molecule has 25 heavy (non-hydrogen) atoms. The van der Waals surface area contributed by atoms with E-state index in [1.54, 1.807) is 24.3 Å². The monoisotopic (exact) mass is 360 g/mol. The highest BCUT2D eigenvalue weighted by Crippen LogP contribution is 2.16. The predicted molar refractivity (Wildman–Crippen MR) is 96.1 cm³/mol. The second-order valence-corrected chi connectivity index (χ2v) is 8.44. The molecule has 1 N–H and O–H groups in total. The summed E-state index contributed by atoms with van der Waals surface area (Å²) in [5, 5.41) is 0. The molecule has 132 valence electrons. The van der Waals surface area contributed by atoms with Crippen molar-refractivity contribution in [1.82, 2.24) is 4.90 Å². The average molecular weight is 360 g/mol. The number of pyridine rings is 1. The van der Waals surface area contributed by atoms with Crippen molar-refractivity contribution < 1.29 is 18.2 Å². The second-order valence-electron chi connectivity index (χ2n) is 6.30. The number of nitrogens with zero attached hydrogens (tertiary/aromatic N) is 2. The van der Waals surface area contributed by atoms with Gasteiger partial charge in [-0.2, -0.15) is 0 Å². The van der Waals surface area contributed by atoms with E-state index in [9.17, 15) is 13.2 Å². The summed E-state index contributed by atoms with van der Waals surface area (Å²) in [4.78, 5) is 19.7. The molecule has 0 atom stereocenters. The molecule has 3 rings (SSSR count). The largest absolute Gasteiger partial charge is 0.368 e. The summed E-state index contributed by atoms with van der Waals surface area (Å²) in [6.45, 7) is 2.93. The van der Waals surface area contributed by atoms with Crippen LogP contribution in [0, 0.1) is 0 Å². The lowest BCUT2D eigenvalue weighted by Crippen LogP contribution is -2.48. The summed E-state index contributed by atoms with van der Waals surface area (Å²) in [6, 6.07) is 10.9. The standard InChI is InChI=1S/C18H21N3O3S/c1-25(23,24)14-15-2-4-16(5-3-15)18(22)21-12-10-20(11-13-21)17-6-8-19-9-7-17/h2-9H,10-14H2,1H3/p+1. The molecule has 0 saturated carbocycles. The number of hydrogen-bond acceptors (Lipinski definition) is 4. The molecule has 1 aromatic heterocycles. The number of aromatic nitrogens is 1. The number of carbonyl (C=O) groups is 1. The average Bonchev–Trinajstić information content (AvgIpc) is 2.61. The summed E-state index contributed by atoms with van der Waals surface area (Å²) in [6.07, 6.45) is 4.99. The molecule has 2 aromatic rings. The first kappa shape index (κ1) is 17.4. The van der Waals surface area contributed by atoms with Gasteiger partial charge in [0.05, 0.1) is 5.75 Å². The zero-order valence-corrected chi connectivity index (χ0v) is 15.0. The third-order valence-electron chi connectivity index (χ3n) is 4.26.